The average Bonchev–Trinajstić information content (AvgIpc) is 2.79. The molecule has 1 saturated heterocycles. The van der Waals surface area contributed by atoms with Crippen molar-refractivity contribution in [2.45, 2.75) is 18.9 Å². The summed E-state index contributed by atoms with van der Waals surface area (Å²) in [5, 5.41) is 16.6. The van der Waals surface area contributed by atoms with Gasteiger partial charge in [-0.25, -0.2) is 0 Å². The van der Waals surface area contributed by atoms with Crippen molar-refractivity contribution in [3.63, 3.8) is 0 Å². The lowest BCUT2D eigenvalue weighted by Gasteiger charge is -2.23. The molecular formula is C10H14ClN3O3S. The third kappa shape index (κ3) is 3.66. The molecule has 8 heteroatoms. The van der Waals surface area contributed by atoms with Gasteiger partial charge in [-0.2, -0.15) is 0 Å². The molecule has 0 bridgehead atoms. The highest BCUT2D eigenvalue weighted by molar-refractivity contribution is 7.17. The molecule has 1 aliphatic rings. The van der Waals surface area contributed by atoms with Gasteiger partial charge in [-0.1, -0.05) is 11.3 Å². The lowest BCUT2D eigenvalue weighted by molar-refractivity contribution is -0.380. The van der Waals surface area contributed by atoms with Gasteiger partial charge in [0.05, 0.1) is 9.80 Å². The van der Waals surface area contributed by atoms with E-state index in [1.54, 1.807) is 0 Å². The van der Waals surface area contributed by atoms with E-state index in [1.807, 2.05) is 0 Å². The average molecular weight is 292 g/mol. The van der Waals surface area contributed by atoms with Crippen LogP contribution in [0.3, 0.4) is 0 Å². The van der Waals surface area contributed by atoms with Crippen LogP contribution >= 0.6 is 23.7 Å². The van der Waals surface area contributed by atoms with Gasteiger partial charge in [-0.15, -0.1) is 12.4 Å². The molecule has 1 fully saturated rings. The Morgan fingerprint density at radius 3 is 2.67 bits per heavy atom. The lowest BCUT2D eigenvalue weighted by atomic mass is 10.1. The summed E-state index contributed by atoms with van der Waals surface area (Å²) >= 11 is 0.911. The summed E-state index contributed by atoms with van der Waals surface area (Å²) in [6, 6.07) is 3.03. The Morgan fingerprint density at radius 2 is 2.11 bits per heavy atom. The summed E-state index contributed by atoms with van der Waals surface area (Å²) in [6.07, 6.45) is 1.80. The van der Waals surface area contributed by atoms with Gasteiger partial charge in [0.2, 0.25) is 0 Å². The normalized spacial score (nSPS) is 15.8. The summed E-state index contributed by atoms with van der Waals surface area (Å²) in [4.78, 5) is 22.2. The fraction of sp³-hybridized carbons (Fsp3) is 0.500. The van der Waals surface area contributed by atoms with Crippen molar-refractivity contribution in [1.29, 1.82) is 0 Å². The standard InChI is InChI=1S/C10H13N3O3S.ClH/c14-10(12-7-3-5-11-6-4-7)8-1-2-9(17-8)13(15)16;/h1-2,7,11H,3-6H2,(H,12,14);1H. The van der Waals surface area contributed by atoms with E-state index in [4.69, 9.17) is 0 Å². The van der Waals surface area contributed by atoms with Crippen molar-refractivity contribution in [2.75, 3.05) is 13.1 Å². The highest BCUT2D eigenvalue weighted by Crippen LogP contribution is 2.23. The van der Waals surface area contributed by atoms with Crippen LogP contribution in [0.15, 0.2) is 12.1 Å². The first-order valence-corrected chi connectivity index (χ1v) is 6.24. The third-order valence-electron chi connectivity index (χ3n) is 2.67. The molecule has 0 radical (unpaired) electrons. The molecule has 0 saturated carbocycles. The molecular weight excluding hydrogens is 278 g/mol. The van der Waals surface area contributed by atoms with Crippen molar-refractivity contribution in [1.82, 2.24) is 10.6 Å². The predicted octanol–water partition coefficient (Wildman–Crippen LogP) is 1.56. The van der Waals surface area contributed by atoms with Gasteiger partial charge < -0.3 is 10.6 Å². The van der Waals surface area contributed by atoms with E-state index in [0.29, 0.717) is 4.88 Å². The van der Waals surface area contributed by atoms with E-state index in [0.717, 1.165) is 37.3 Å². The van der Waals surface area contributed by atoms with Crippen LogP contribution in [0.25, 0.3) is 0 Å². The van der Waals surface area contributed by atoms with Crippen molar-refractivity contribution >= 4 is 34.7 Å². The van der Waals surface area contributed by atoms with E-state index < -0.39 is 4.92 Å². The number of rotatable bonds is 3. The lowest BCUT2D eigenvalue weighted by Crippen LogP contribution is -2.42. The molecule has 100 valence electrons. The quantitative estimate of drug-likeness (QED) is 0.654. The second-order valence-electron chi connectivity index (χ2n) is 3.89. The zero-order valence-electron chi connectivity index (χ0n) is 9.55. The van der Waals surface area contributed by atoms with Gasteiger partial charge in [0.15, 0.2) is 0 Å². The van der Waals surface area contributed by atoms with Crippen LogP contribution in [0.5, 0.6) is 0 Å². The highest BCUT2D eigenvalue weighted by atomic mass is 35.5. The van der Waals surface area contributed by atoms with Crippen LogP contribution in [-0.4, -0.2) is 30.0 Å². The van der Waals surface area contributed by atoms with Crippen LogP contribution < -0.4 is 10.6 Å². The molecule has 18 heavy (non-hydrogen) atoms. The fourth-order valence-corrected chi connectivity index (χ4v) is 2.49. The summed E-state index contributed by atoms with van der Waals surface area (Å²) in [5.74, 6) is -0.213. The maximum atomic E-state index is 11.8. The van der Waals surface area contributed by atoms with Crippen LogP contribution in [-0.2, 0) is 0 Å². The molecule has 0 aliphatic carbocycles. The van der Waals surface area contributed by atoms with E-state index in [2.05, 4.69) is 10.6 Å². The van der Waals surface area contributed by atoms with E-state index in [9.17, 15) is 14.9 Å². The predicted molar refractivity (Wildman–Crippen MR) is 71.6 cm³/mol. The number of carbonyl (C=O) groups excluding carboxylic acids is 1. The first-order chi connectivity index (χ1) is 8.16. The Hall–Kier alpha value is -1.18. The molecule has 6 nitrogen and oxygen atoms in total. The zero-order chi connectivity index (χ0) is 12.3. The number of nitrogens with zero attached hydrogens (tertiary/aromatic N) is 1. The van der Waals surface area contributed by atoms with Crippen LogP contribution in [0, 0.1) is 10.1 Å². The Balaban J connectivity index is 0.00000162. The largest absolute Gasteiger partial charge is 0.349 e. The molecule has 0 spiro atoms. The minimum atomic E-state index is -0.480. The van der Waals surface area contributed by atoms with Crippen LogP contribution in [0.1, 0.15) is 22.5 Å². The van der Waals surface area contributed by atoms with Crippen molar-refractivity contribution in [2.24, 2.45) is 0 Å². The van der Waals surface area contributed by atoms with E-state index in [-0.39, 0.29) is 29.4 Å². The molecule has 1 aromatic rings. The van der Waals surface area contributed by atoms with Gasteiger partial charge in [-0.05, 0) is 32.0 Å². The number of halogens is 1. The second-order valence-corrected chi connectivity index (χ2v) is 4.95. The summed E-state index contributed by atoms with van der Waals surface area (Å²) in [7, 11) is 0. The molecule has 2 rings (SSSR count). The van der Waals surface area contributed by atoms with Crippen molar-refractivity contribution in [3.8, 4) is 0 Å². The summed E-state index contributed by atoms with van der Waals surface area (Å²) in [5.41, 5.74) is 0. The Morgan fingerprint density at radius 1 is 1.44 bits per heavy atom. The Bertz CT molecular complexity index is 432. The van der Waals surface area contributed by atoms with Gasteiger partial charge in [0.25, 0.3) is 5.91 Å². The zero-order valence-corrected chi connectivity index (χ0v) is 11.2. The first-order valence-electron chi connectivity index (χ1n) is 5.42. The molecule has 2 heterocycles. The number of nitro groups is 1. The van der Waals surface area contributed by atoms with Gasteiger partial charge >= 0.3 is 5.00 Å². The van der Waals surface area contributed by atoms with Crippen molar-refractivity contribution in [3.05, 3.63) is 27.1 Å². The fourth-order valence-electron chi connectivity index (χ4n) is 1.77. The summed E-state index contributed by atoms with van der Waals surface area (Å²) < 4.78 is 0. The van der Waals surface area contributed by atoms with Crippen LogP contribution in [0.4, 0.5) is 5.00 Å². The first kappa shape index (κ1) is 14.9. The van der Waals surface area contributed by atoms with Crippen molar-refractivity contribution < 1.29 is 9.72 Å². The molecule has 1 aliphatic heterocycles. The smallest absolute Gasteiger partial charge is 0.324 e. The topological polar surface area (TPSA) is 84.3 Å². The molecule has 0 aromatic carbocycles. The third-order valence-corrected chi connectivity index (χ3v) is 3.71. The minimum Gasteiger partial charge on any atom is -0.349 e. The molecule has 0 unspecified atom stereocenters. The number of hydrogen-bond acceptors (Lipinski definition) is 5. The SMILES string of the molecule is Cl.O=C(NC1CCNCC1)c1ccc([N+](=O)[O-])s1. The number of nitrogens with one attached hydrogen (secondary N) is 2. The Kier molecular flexibility index (Phi) is 5.52. The second kappa shape index (κ2) is 6.67. The Labute approximate surface area is 114 Å². The molecule has 0 atom stereocenters. The van der Waals surface area contributed by atoms with Gasteiger partial charge in [-0.3, -0.25) is 14.9 Å². The monoisotopic (exact) mass is 291 g/mol. The van der Waals surface area contributed by atoms with Gasteiger partial charge in [0.1, 0.15) is 0 Å². The number of carbonyl (C=O) groups is 1. The maximum Gasteiger partial charge on any atom is 0.324 e. The molecule has 2 N–H and O–H groups in total. The van der Waals surface area contributed by atoms with Crippen LogP contribution in [0.2, 0.25) is 0 Å². The number of hydrogen-bond donors (Lipinski definition) is 2. The number of thiophene rings is 1. The van der Waals surface area contributed by atoms with Gasteiger partial charge in [0, 0.05) is 12.1 Å². The highest BCUT2D eigenvalue weighted by Gasteiger charge is 2.19. The number of piperidine rings is 1. The number of amides is 1. The summed E-state index contributed by atoms with van der Waals surface area (Å²) in [6.45, 7) is 1.80. The minimum absolute atomic E-state index is 0. The van der Waals surface area contributed by atoms with E-state index in [1.165, 1.54) is 12.1 Å². The maximum absolute atomic E-state index is 11.8. The van der Waals surface area contributed by atoms with E-state index >= 15 is 0 Å². The molecule has 1 amide bonds. The molecule has 1 aromatic heterocycles.